The number of halogens is 3. The molecular formula is C13H7ClFIN2. The van der Waals surface area contributed by atoms with E-state index in [2.05, 4.69) is 27.9 Å². The normalized spacial score (nSPS) is 9.89. The summed E-state index contributed by atoms with van der Waals surface area (Å²) in [6.07, 6.45) is 0. The number of hydrogen-bond donors (Lipinski definition) is 1. The molecule has 18 heavy (non-hydrogen) atoms. The quantitative estimate of drug-likeness (QED) is 0.776. The molecule has 0 heterocycles. The lowest BCUT2D eigenvalue weighted by Crippen LogP contribution is -1.93. The molecule has 0 spiro atoms. The monoisotopic (exact) mass is 372 g/mol. The molecular weight excluding hydrogens is 366 g/mol. The summed E-state index contributed by atoms with van der Waals surface area (Å²) in [6, 6.07) is 11.5. The van der Waals surface area contributed by atoms with Gasteiger partial charge < -0.3 is 5.32 Å². The van der Waals surface area contributed by atoms with E-state index in [-0.39, 0.29) is 5.56 Å². The Labute approximate surface area is 123 Å². The van der Waals surface area contributed by atoms with Crippen molar-refractivity contribution in [2.45, 2.75) is 0 Å². The summed E-state index contributed by atoms with van der Waals surface area (Å²) in [6.45, 7) is 0. The zero-order valence-electron chi connectivity index (χ0n) is 9.05. The zero-order valence-corrected chi connectivity index (χ0v) is 12.0. The fourth-order valence-corrected chi connectivity index (χ4v) is 2.38. The molecule has 0 amide bonds. The molecule has 0 aliphatic heterocycles. The first-order chi connectivity index (χ1) is 8.58. The van der Waals surface area contributed by atoms with Gasteiger partial charge in [-0.25, -0.2) is 4.39 Å². The Hall–Kier alpha value is -1.32. The maximum Gasteiger partial charge on any atom is 0.126 e. The molecule has 5 heteroatoms. The minimum atomic E-state index is -0.460. The first-order valence-corrected chi connectivity index (χ1v) is 6.47. The van der Waals surface area contributed by atoms with Crippen LogP contribution in [0.2, 0.25) is 5.02 Å². The van der Waals surface area contributed by atoms with Gasteiger partial charge in [-0.1, -0.05) is 11.6 Å². The van der Waals surface area contributed by atoms with Crippen molar-refractivity contribution in [2.75, 3.05) is 5.32 Å². The number of nitrogens with one attached hydrogen (secondary N) is 1. The average molecular weight is 373 g/mol. The van der Waals surface area contributed by atoms with Crippen LogP contribution in [0.1, 0.15) is 5.56 Å². The van der Waals surface area contributed by atoms with E-state index in [4.69, 9.17) is 16.9 Å². The molecule has 2 rings (SSSR count). The van der Waals surface area contributed by atoms with E-state index in [1.165, 1.54) is 12.1 Å². The van der Waals surface area contributed by atoms with Gasteiger partial charge in [0.1, 0.15) is 5.82 Å². The fraction of sp³-hybridized carbons (Fsp3) is 0. The Morgan fingerprint density at radius 1 is 1.22 bits per heavy atom. The molecule has 0 fully saturated rings. The molecule has 0 radical (unpaired) electrons. The highest BCUT2D eigenvalue weighted by Crippen LogP contribution is 2.27. The van der Waals surface area contributed by atoms with Crippen LogP contribution in [0.4, 0.5) is 15.8 Å². The van der Waals surface area contributed by atoms with Gasteiger partial charge in [0.05, 0.1) is 22.3 Å². The summed E-state index contributed by atoms with van der Waals surface area (Å²) in [4.78, 5) is 0. The summed E-state index contributed by atoms with van der Waals surface area (Å²) in [5.41, 5.74) is 1.43. The largest absolute Gasteiger partial charge is 0.354 e. The SMILES string of the molecule is N#Cc1cc(F)cc(Nc2ccc(I)cc2Cl)c1. The maximum absolute atomic E-state index is 13.3. The number of rotatable bonds is 2. The number of nitrogens with zero attached hydrogens (tertiary/aromatic N) is 1. The first kappa shape index (κ1) is 13.1. The Balaban J connectivity index is 2.34. The highest BCUT2D eigenvalue weighted by atomic mass is 127. The van der Waals surface area contributed by atoms with E-state index in [1.54, 1.807) is 18.2 Å². The van der Waals surface area contributed by atoms with E-state index in [9.17, 15) is 4.39 Å². The third kappa shape index (κ3) is 3.12. The molecule has 0 aromatic heterocycles. The van der Waals surface area contributed by atoms with Crippen molar-refractivity contribution in [2.24, 2.45) is 0 Å². The van der Waals surface area contributed by atoms with Gasteiger partial charge in [-0.05, 0) is 59.0 Å². The summed E-state index contributed by atoms with van der Waals surface area (Å²) in [7, 11) is 0. The van der Waals surface area contributed by atoms with Crippen LogP contribution in [0, 0.1) is 20.7 Å². The molecule has 0 saturated heterocycles. The van der Waals surface area contributed by atoms with E-state index < -0.39 is 5.82 Å². The second kappa shape index (κ2) is 5.55. The first-order valence-electron chi connectivity index (χ1n) is 5.01. The summed E-state index contributed by atoms with van der Waals surface area (Å²) in [5, 5.41) is 12.3. The van der Waals surface area contributed by atoms with Crippen molar-refractivity contribution in [3.05, 3.63) is 56.4 Å². The Morgan fingerprint density at radius 2 is 2.00 bits per heavy atom. The molecule has 2 aromatic rings. The van der Waals surface area contributed by atoms with Gasteiger partial charge in [-0.2, -0.15) is 5.26 Å². The van der Waals surface area contributed by atoms with Gasteiger partial charge in [0.15, 0.2) is 0 Å². The lowest BCUT2D eigenvalue weighted by atomic mass is 10.2. The summed E-state index contributed by atoms with van der Waals surface area (Å²) in [5.74, 6) is -0.460. The Kier molecular flexibility index (Phi) is 4.04. The van der Waals surface area contributed by atoms with Crippen molar-refractivity contribution >= 4 is 45.6 Å². The molecule has 0 aliphatic rings. The van der Waals surface area contributed by atoms with Crippen LogP contribution in [-0.4, -0.2) is 0 Å². The van der Waals surface area contributed by atoms with Gasteiger partial charge in [0, 0.05) is 9.26 Å². The molecule has 0 atom stereocenters. The molecule has 0 aliphatic carbocycles. The van der Waals surface area contributed by atoms with Gasteiger partial charge in [-0.15, -0.1) is 0 Å². The topological polar surface area (TPSA) is 35.8 Å². The predicted octanol–water partition coefficient (Wildman–Crippen LogP) is 4.70. The van der Waals surface area contributed by atoms with Crippen LogP contribution in [0.15, 0.2) is 36.4 Å². The van der Waals surface area contributed by atoms with Crippen LogP contribution < -0.4 is 5.32 Å². The lowest BCUT2D eigenvalue weighted by Gasteiger charge is -2.09. The second-order valence-electron chi connectivity index (χ2n) is 3.59. The average Bonchev–Trinajstić information content (AvgIpc) is 2.32. The maximum atomic E-state index is 13.3. The highest BCUT2D eigenvalue weighted by Gasteiger charge is 2.04. The third-order valence-electron chi connectivity index (χ3n) is 2.24. The van der Waals surface area contributed by atoms with E-state index in [0.717, 1.165) is 3.57 Å². The van der Waals surface area contributed by atoms with Crippen molar-refractivity contribution in [3.8, 4) is 6.07 Å². The number of nitriles is 1. The van der Waals surface area contributed by atoms with Gasteiger partial charge >= 0.3 is 0 Å². The van der Waals surface area contributed by atoms with Crippen LogP contribution in [0.3, 0.4) is 0 Å². The van der Waals surface area contributed by atoms with Crippen molar-refractivity contribution in [1.82, 2.24) is 0 Å². The highest BCUT2D eigenvalue weighted by molar-refractivity contribution is 14.1. The predicted molar refractivity (Wildman–Crippen MR) is 78.6 cm³/mol. The lowest BCUT2D eigenvalue weighted by molar-refractivity contribution is 0.628. The van der Waals surface area contributed by atoms with Crippen LogP contribution in [-0.2, 0) is 0 Å². The number of anilines is 2. The second-order valence-corrected chi connectivity index (χ2v) is 5.24. The minimum absolute atomic E-state index is 0.263. The van der Waals surface area contributed by atoms with E-state index in [0.29, 0.717) is 16.4 Å². The minimum Gasteiger partial charge on any atom is -0.354 e. The summed E-state index contributed by atoms with van der Waals surface area (Å²) >= 11 is 8.22. The van der Waals surface area contributed by atoms with Crippen LogP contribution in [0.5, 0.6) is 0 Å². The smallest absolute Gasteiger partial charge is 0.126 e. The number of benzene rings is 2. The molecule has 1 N–H and O–H groups in total. The van der Waals surface area contributed by atoms with E-state index >= 15 is 0 Å². The fourth-order valence-electron chi connectivity index (χ4n) is 1.47. The van der Waals surface area contributed by atoms with Gasteiger partial charge in [0.25, 0.3) is 0 Å². The van der Waals surface area contributed by atoms with Gasteiger partial charge in [0.2, 0.25) is 0 Å². The molecule has 2 aromatic carbocycles. The van der Waals surface area contributed by atoms with Crippen molar-refractivity contribution < 1.29 is 4.39 Å². The Morgan fingerprint density at radius 3 is 2.67 bits per heavy atom. The van der Waals surface area contributed by atoms with Crippen molar-refractivity contribution in [3.63, 3.8) is 0 Å². The standard InChI is InChI=1S/C13H7ClFIN2/c14-12-6-10(16)1-2-13(12)18-11-4-8(7-17)3-9(15)5-11/h1-6,18H. The number of hydrogen-bond acceptors (Lipinski definition) is 2. The van der Waals surface area contributed by atoms with Crippen LogP contribution >= 0.6 is 34.2 Å². The Bertz CT molecular complexity index is 637. The molecule has 90 valence electrons. The van der Waals surface area contributed by atoms with Crippen molar-refractivity contribution in [1.29, 1.82) is 5.26 Å². The zero-order chi connectivity index (χ0) is 13.1. The molecule has 2 nitrogen and oxygen atoms in total. The summed E-state index contributed by atoms with van der Waals surface area (Å²) < 4.78 is 14.3. The molecule has 0 bridgehead atoms. The third-order valence-corrected chi connectivity index (χ3v) is 3.22. The molecule has 0 unspecified atom stereocenters. The molecule has 0 saturated carbocycles. The van der Waals surface area contributed by atoms with Crippen LogP contribution in [0.25, 0.3) is 0 Å². The van der Waals surface area contributed by atoms with Gasteiger partial charge in [-0.3, -0.25) is 0 Å². The van der Waals surface area contributed by atoms with E-state index in [1.807, 2.05) is 12.1 Å².